The van der Waals surface area contributed by atoms with Crippen molar-refractivity contribution in [3.63, 3.8) is 0 Å². The molecule has 0 radical (unpaired) electrons. The molecule has 0 aromatic heterocycles. The van der Waals surface area contributed by atoms with Crippen LogP contribution in [-0.4, -0.2) is 0 Å². The Balaban J connectivity index is 1.08. The maximum atomic E-state index is 2.41. The maximum absolute atomic E-state index is 2.41. The lowest BCUT2D eigenvalue weighted by molar-refractivity contribution is 1.65. The van der Waals surface area contributed by atoms with E-state index in [1.165, 1.54) is 109 Å². The van der Waals surface area contributed by atoms with Crippen LogP contribution in [-0.2, 0) is 0 Å². The van der Waals surface area contributed by atoms with Crippen molar-refractivity contribution in [1.29, 1.82) is 0 Å². The summed E-state index contributed by atoms with van der Waals surface area (Å²) in [5, 5.41) is 17.8. The Hall–Kier alpha value is -6.76. The molecule has 0 spiro atoms. The van der Waals surface area contributed by atoms with Gasteiger partial charge in [-0.25, -0.2) is 0 Å². The fraction of sp³-hybridized carbons (Fsp3) is 0. The SMILES string of the molecule is c1ccc(-c2ccc3cc4c(ccc5c(-c6ccc7cccc(-c8cccc9cc%10ccc%11ccccc%11c%10cc89)c7c6)cccc54)cc3c2)cc1. The summed E-state index contributed by atoms with van der Waals surface area (Å²) < 4.78 is 0. The maximum Gasteiger partial charge on any atom is -0.00986 e. The van der Waals surface area contributed by atoms with E-state index in [1.54, 1.807) is 0 Å². The third-order valence-electron chi connectivity index (χ3n) is 11.2. The fourth-order valence-electron chi connectivity index (χ4n) is 8.59. The van der Waals surface area contributed by atoms with Crippen LogP contribution in [0.5, 0.6) is 0 Å². The Morgan fingerprint density at radius 2 is 0.731 bits per heavy atom. The lowest BCUT2D eigenvalue weighted by Gasteiger charge is -2.15. The van der Waals surface area contributed by atoms with Gasteiger partial charge in [-0.05, 0) is 145 Å². The van der Waals surface area contributed by atoms with Gasteiger partial charge in [0, 0.05) is 0 Å². The second-order valence-electron chi connectivity index (χ2n) is 14.1. The molecular formula is C52H32. The summed E-state index contributed by atoms with van der Waals surface area (Å²) in [7, 11) is 0. The highest BCUT2D eigenvalue weighted by Gasteiger charge is 2.13. The quantitative estimate of drug-likeness (QED) is 0.131. The first kappa shape index (κ1) is 29.0. The minimum absolute atomic E-state index is 1.23. The molecule has 11 aromatic carbocycles. The smallest absolute Gasteiger partial charge is 0.00986 e. The number of hydrogen-bond acceptors (Lipinski definition) is 0. The van der Waals surface area contributed by atoms with Crippen molar-refractivity contribution in [1.82, 2.24) is 0 Å². The molecule has 11 rings (SSSR count). The molecule has 0 bridgehead atoms. The van der Waals surface area contributed by atoms with Crippen LogP contribution in [0.25, 0.3) is 109 Å². The largest absolute Gasteiger partial charge is 0.0622 e. The van der Waals surface area contributed by atoms with Crippen LogP contribution < -0.4 is 0 Å². The molecule has 0 heteroatoms. The Kier molecular flexibility index (Phi) is 6.35. The standard InChI is InChI=1S/C52H32/c1-2-9-33(10-3-1)36-21-22-37-30-50-40(29-42(37)27-36)25-26-48-44(15-8-18-47(48)50)41-24-20-35-12-6-16-45(49(35)31-41)46-17-7-13-38-28-39-23-19-34-11-4-5-14-43(34)51(39)32-52(38)46/h1-32H. The Morgan fingerprint density at radius 3 is 1.62 bits per heavy atom. The van der Waals surface area contributed by atoms with Crippen LogP contribution in [0.3, 0.4) is 0 Å². The van der Waals surface area contributed by atoms with Crippen LogP contribution in [0.1, 0.15) is 0 Å². The molecule has 0 saturated heterocycles. The Morgan fingerprint density at radius 1 is 0.173 bits per heavy atom. The summed E-state index contributed by atoms with van der Waals surface area (Å²) in [6, 6.07) is 72.0. The van der Waals surface area contributed by atoms with Crippen molar-refractivity contribution >= 4 is 75.4 Å². The molecule has 0 nitrogen and oxygen atoms in total. The Bertz CT molecular complexity index is 3220. The highest BCUT2D eigenvalue weighted by Crippen LogP contribution is 2.41. The zero-order valence-corrected chi connectivity index (χ0v) is 28.5. The molecule has 0 N–H and O–H groups in total. The van der Waals surface area contributed by atoms with Gasteiger partial charge in [0.15, 0.2) is 0 Å². The predicted octanol–water partition coefficient (Wildman–Crippen LogP) is 14.8. The highest BCUT2D eigenvalue weighted by molar-refractivity contribution is 6.18. The minimum Gasteiger partial charge on any atom is -0.0622 e. The first-order valence-corrected chi connectivity index (χ1v) is 18.1. The molecule has 11 aromatic rings. The summed E-state index contributed by atoms with van der Waals surface area (Å²) in [6.07, 6.45) is 0. The van der Waals surface area contributed by atoms with E-state index in [0.717, 1.165) is 0 Å². The molecule has 0 aliphatic rings. The normalized spacial score (nSPS) is 11.8. The van der Waals surface area contributed by atoms with Crippen molar-refractivity contribution in [2.24, 2.45) is 0 Å². The summed E-state index contributed by atoms with van der Waals surface area (Å²) in [4.78, 5) is 0. The van der Waals surface area contributed by atoms with Crippen molar-refractivity contribution in [3.8, 4) is 33.4 Å². The summed E-state index contributed by atoms with van der Waals surface area (Å²) >= 11 is 0. The molecule has 240 valence electrons. The van der Waals surface area contributed by atoms with Crippen molar-refractivity contribution < 1.29 is 0 Å². The number of hydrogen-bond donors (Lipinski definition) is 0. The predicted molar refractivity (Wildman–Crippen MR) is 225 cm³/mol. The summed E-state index contributed by atoms with van der Waals surface area (Å²) in [5.74, 6) is 0. The second kappa shape index (κ2) is 11.4. The van der Waals surface area contributed by atoms with Gasteiger partial charge < -0.3 is 0 Å². The van der Waals surface area contributed by atoms with Crippen LogP contribution in [0, 0.1) is 0 Å². The zero-order valence-electron chi connectivity index (χ0n) is 28.5. The van der Waals surface area contributed by atoms with E-state index in [4.69, 9.17) is 0 Å². The zero-order chi connectivity index (χ0) is 34.2. The van der Waals surface area contributed by atoms with E-state index in [9.17, 15) is 0 Å². The number of fused-ring (bicyclic) bond motifs is 9. The van der Waals surface area contributed by atoms with Crippen molar-refractivity contribution in [3.05, 3.63) is 194 Å². The van der Waals surface area contributed by atoms with Gasteiger partial charge in [-0.2, -0.15) is 0 Å². The van der Waals surface area contributed by atoms with Crippen LogP contribution in [0.4, 0.5) is 0 Å². The van der Waals surface area contributed by atoms with E-state index in [1.807, 2.05) is 0 Å². The fourth-order valence-corrected chi connectivity index (χ4v) is 8.59. The average Bonchev–Trinajstić information content (AvgIpc) is 3.21. The average molecular weight is 657 g/mol. The van der Waals surface area contributed by atoms with Gasteiger partial charge in [0.1, 0.15) is 0 Å². The topological polar surface area (TPSA) is 0 Å². The lowest BCUT2D eigenvalue weighted by Crippen LogP contribution is -1.88. The van der Waals surface area contributed by atoms with E-state index >= 15 is 0 Å². The van der Waals surface area contributed by atoms with Crippen molar-refractivity contribution in [2.75, 3.05) is 0 Å². The molecule has 52 heavy (non-hydrogen) atoms. The minimum atomic E-state index is 1.23. The highest BCUT2D eigenvalue weighted by atomic mass is 14.2. The molecule has 0 fully saturated rings. The van der Waals surface area contributed by atoms with E-state index < -0.39 is 0 Å². The molecule has 0 atom stereocenters. The summed E-state index contributed by atoms with van der Waals surface area (Å²) in [5.41, 5.74) is 7.50. The molecule has 0 amide bonds. The van der Waals surface area contributed by atoms with Gasteiger partial charge in [-0.15, -0.1) is 0 Å². The summed E-state index contributed by atoms with van der Waals surface area (Å²) in [6.45, 7) is 0. The van der Waals surface area contributed by atoms with Crippen LogP contribution in [0.2, 0.25) is 0 Å². The van der Waals surface area contributed by atoms with Gasteiger partial charge in [-0.1, -0.05) is 158 Å². The molecule has 0 heterocycles. The lowest BCUT2D eigenvalue weighted by atomic mass is 9.89. The van der Waals surface area contributed by atoms with Crippen LogP contribution >= 0.6 is 0 Å². The number of benzene rings is 11. The Labute approximate surface area is 301 Å². The van der Waals surface area contributed by atoms with E-state index in [-0.39, 0.29) is 0 Å². The first-order chi connectivity index (χ1) is 25.7. The molecule has 0 saturated carbocycles. The molecule has 0 aliphatic carbocycles. The van der Waals surface area contributed by atoms with Crippen LogP contribution in [0.15, 0.2) is 194 Å². The molecule has 0 unspecified atom stereocenters. The van der Waals surface area contributed by atoms with Gasteiger partial charge in [0.05, 0.1) is 0 Å². The monoisotopic (exact) mass is 656 g/mol. The number of rotatable bonds is 3. The second-order valence-corrected chi connectivity index (χ2v) is 14.1. The third kappa shape index (κ3) is 4.55. The molecular weight excluding hydrogens is 625 g/mol. The third-order valence-corrected chi connectivity index (χ3v) is 11.2. The molecule has 0 aliphatic heterocycles. The van der Waals surface area contributed by atoms with Gasteiger partial charge in [-0.3, -0.25) is 0 Å². The van der Waals surface area contributed by atoms with Crippen molar-refractivity contribution in [2.45, 2.75) is 0 Å². The van der Waals surface area contributed by atoms with Gasteiger partial charge >= 0.3 is 0 Å². The van der Waals surface area contributed by atoms with E-state index in [0.29, 0.717) is 0 Å². The van der Waals surface area contributed by atoms with Gasteiger partial charge in [0.2, 0.25) is 0 Å². The first-order valence-electron chi connectivity index (χ1n) is 18.1. The van der Waals surface area contributed by atoms with E-state index in [2.05, 4.69) is 194 Å². The van der Waals surface area contributed by atoms with Gasteiger partial charge in [0.25, 0.3) is 0 Å².